The number of nitrogens with one attached hydrogen (secondary N) is 3. The number of carbonyl (C=O) groups is 7. The van der Waals surface area contributed by atoms with Gasteiger partial charge in [-0.05, 0) is 37.0 Å². The number of amides is 5. The summed E-state index contributed by atoms with van der Waals surface area (Å²) in [6, 6.07) is 2.18. The Labute approximate surface area is 311 Å². The minimum Gasteiger partial charge on any atom is -0.479 e. The van der Waals surface area contributed by atoms with Crippen molar-refractivity contribution in [1.82, 2.24) is 15.5 Å². The Morgan fingerprint density at radius 2 is 1.70 bits per heavy atom. The molecule has 0 radical (unpaired) electrons. The Morgan fingerprint density at radius 1 is 1.04 bits per heavy atom. The summed E-state index contributed by atoms with van der Waals surface area (Å²) < 4.78 is 48.3. The predicted octanol–water partition coefficient (Wildman–Crippen LogP) is -2.99. The molecule has 0 saturated carbocycles. The fraction of sp³-hybridized carbons (Fsp3) is 0.452. The molecule has 5 amide bonds. The van der Waals surface area contributed by atoms with Crippen molar-refractivity contribution in [3.8, 4) is 5.75 Å². The number of aliphatic hydroxyl groups excluding tert-OH is 3. The van der Waals surface area contributed by atoms with Crippen LogP contribution in [0.2, 0.25) is 0 Å². The Bertz CT molecular complexity index is 1770. The number of benzene rings is 1. The van der Waals surface area contributed by atoms with Gasteiger partial charge in [0.05, 0.1) is 10.9 Å². The van der Waals surface area contributed by atoms with Gasteiger partial charge in [-0.3, -0.25) is 38.2 Å². The topological polar surface area (TPSA) is 322 Å². The highest BCUT2D eigenvalue weighted by molar-refractivity contribution is 7.99. The first-order valence-electron chi connectivity index (χ1n) is 15.8. The van der Waals surface area contributed by atoms with E-state index in [0.717, 1.165) is 12.2 Å². The van der Waals surface area contributed by atoms with Crippen LogP contribution in [-0.4, -0.2) is 153 Å². The third-order valence-corrected chi connectivity index (χ3v) is 9.19. The number of carboxylic acids is 1. The highest BCUT2D eigenvalue weighted by Crippen LogP contribution is 2.31. The molecule has 0 bridgehead atoms. The number of aliphatic hydroxyl groups is 3. The number of esters is 1. The maximum atomic E-state index is 13.0. The third kappa shape index (κ3) is 12.6. The van der Waals surface area contributed by atoms with Crippen molar-refractivity contribution in [3.63, 3.8) is 0 Å². The molecule has 0 spiro atoms. The van der Waals surface area contributed by atoms with E-state index in [9.17, 15) is 67.0 Å². The number of hydrogen-bond donors (Lipinski definition) is 8. The monoisotopic (exact) mass is 802 g/mol. The largest absolute Gasteiger partial charge is 0.479 e. The number of hydrogen-bond acceptors (Lipinski definition) is 16. The zero-order valence-corrected chi connectivity index (χ0v) is 30.2. The Morgan fingerprint density at radius 3 is 2.31 bits per heavy atom. The molecule has 0 aliphatic carbocycles. The number of aliphatic carboxylic acids is 1. The van der Waals surface area contributed by atoms with Crippen LogP contribution in [0.4, 0.5) is 5.69 Å². The van der Waals surface area contributed by atoms with Gasteiger partial charge in [0.25, 0.3) is 21.9 Å². The van der Waals surface area contributed by atoms with E-state index in [-0.39, 0.29) is 18.0 Å². The summed E-state index contributed by atoms with van der Waals surface area (Å²) >= 11 is 1.29. The van der Waals surface area contributed by atoms with Crippen molar-refractivity contribution in [1.29, 1.82) is 0 Å². The van der Waals surface area contributed by atoms with Crippen LogP contribution in [0.3, 0.4) is 0 Å². The van der Waals surface area contributed by atoms with Crippen LogP contribution in [0.25, 0.3) is 6.08 Å². The van der Waals surface area contributed by atoms with Crippen molar-refractivity contribution in [3.05, 3.63) is 42.0 Å². The van der Waals surface area contributed by atoms with E-state index in [1.807, 2.05) is 5.32 Å². The van der Waals surface area contributed by atoms with Crippen LogP contribution in [0.15, 0.2) is 36.4 Å². The van der Waals surface area contributed by atoms with Crippen LogP contribution in [0, 0.1) is 0 Å². The van der Waals surface area contributed by atoms with Gasteiger partial charge in [-0.25, -0.2) is 4.79 Å². The van der Waals surface area contributed by atoms with Crippen LogP contribution >= 0.6 is 11.8 Å². The molecule has 2 aliphatic rings. The molecule has 1 aromatic carbocycles. The molecule has 23 heteroatoms. The van der Waals surface area contributed by atoms with Gasteiger partial charge in [0.1, 0.15) is 49.0 Å². The standard InChI is InChI=1S/C31H38N4O17S2/c1-15(53-2)30(46)50-11-3-4-16-5-6-19(51-31-26(42)24(40)25(41)27(52-31)29(44)45)17(12-16)33-20(36)9-10-32-28(43)18(14-54(47,48)49)34-21(37)13-35-22(38)7-8-23(35)39/h3-8,12,15,18,24-27,31,40-42H,9-11,13-14H2,1-2H3,(H,32,43)(H,33,36)(H,34,37)(H,44,45)(H,47,48,49)/b4-3+/t15?,18-,24-,25-,26+,27-,31+/m0/s1. The van der Waals surface area contributed by atoms with Crippen LogP contribution < -0.4 is 20.7 Å². The molecular weight excluding hydrogens is 764 g/mol. The number of carbonyl (C=O) groups excluding carboxylic acids is 6. The van der Waals surface area contributed by atoms with Crippen molar-refractivity contribution in [2.24, 2.45) is 0 Å². The van der Waals surface area contributed by atoms with Crippen molar-refractivity contribution in [2.75, 3.05) is 37.0 Å². The van der Waals surface area contributed by atoms with Crippen LogP contribution in [0.5, 0.6) is 5.75 Å². The minimum atomic E-state index is -4.85. The van der Waals surface area contributed by atoms with E-state index in [1.165, 1.54) is 42.1 Å². The van der Waals surface area contributed by atoms with Gasteiger partial charge in [-0.2, -0.15) is 20.2 Å². The Balaban J connectivity index is 1.72. The maximum Gasteiger partial charge on any atom is 0.335 e. The summed E-state index contributed by atoms with van der Waals surface area (Å²) in [5, 5.41) is 46.3. The van der Waals surface area contributed by atoms with E-state index >= 15 is 0 Å². The van der Waals surface area contributed by atoms with Crippen LogP contribution in [0.1, 0.15) is 18.9 Å². The second kappa shape index (κ2) is 19.4. The van der Waals surface area contributed by atoms with Crippen molar-refractivity contribution >= 4 is 75.1 Å². The number of nitrogens with zero attached hydrogens (tertiary/aromatic N) is 1. The molecule has 7 atom stereocenters. The lowest BCUT2D eigenvalue weighted by Crippen LogP contribution is -2.61. The zero-order chi connectivity index (χ0) is 40.3. The average molecular weight is 803 g/mol. The van der Waals surface area contributed by atoms with Crippen molar-refractivity contribution in [2.45, 2.75) is 55.3 Å². The fourth-order valence-electron chi connectivity index (χ4n) is 4.65. The maximum absolute atomic E-state index is 13.0. The van der Waals surface area contributed by atoms with Gasteiger partial charge in [-0.15, -0.1) is 0 Å². The normalized spacial score (nSPS) is 22.4. The van der Waals surface area contributed by atoms with Gasteiger partial charge in [-0.1, -0.05) is 12.1 Å². The molecule has 1 saturated heterocycles. The number of carboxylic acid groups (broad SMARTS) is 1. The first kappa shape index (κ1) is 43.5. The average Bonchev–Trinajstić information content (AvgIpc) is 3.41. The van der Waals surface area contributed by atoms with E-state index in [2.05, 4.69) is 10.6 Å². The molecule has 8 N–H and O–H groups in total. The second-order valence-electron chi connectivity index (χ2n) is 11.6. The van der Waals surface area contributed by atoms with Gasteiger partial charge in [0.15, 0.2) is 6.10 Å². The molecule has 1 unspecified atom stereocenters. The molecule has 54 heavy (non-hydrogen) atoms. The molecule has 21 nitrogen and oxygen atoms in total. The van der Waals surface area contributed by atoms with Crippen molar-refractivity contribution < 1.29 is 81.2 Å². The number of imide groups is 1. The minimum absolute atomic E-state index is 0.104. The molecule has 2 aliphatic heterocycles. The number of rotatable bonds is 18. The van der Waals surface area contributed by atoms with Gasteiger partial charge in [0, 0.05) is 25.1 Å². The molecular formula is C31H38N4O17S2. The number of thioether (sulfide) groups is 1. The first-order valence-corrected chi connectivity index (χ1v) is 18.7. The van der Waals surface area contributed by atoms with E-state index in [1.54, 1.807) is 13.2 Å². The lowest BCUT2D eigenvalue weighted by molar-refractivity contribution is -0.271. The highest BCUT2D eigenvalue weighted by atomic mass is 32.2. The molecule has 0 aromatic heterocycles. The quantitative estimate of drug-likeness (QED) is 0.0417. The SMILES string of the molecule is CSC(C)C(=O)OC/C=C/c1ccc(O[C@@H]2O[C@H](C(=O)O)[C@@H](O)[C@H](O)[C@H]2O)c(NC(=O)CCNC(=O)[C@H](CS(=O)(=O)O)NC(=O)CN2C(=O)C=CC2=O)c1. The Kier molecular flexibility index (Phi) is 15.6. The summed E-state index contributed by atoms with van der Waals surface area (Å²) in [6.07, 6.45) is -3.76. The summed E-state index contributed by atoms with van der Waals surface area (Å²) in [4.78, 5) is 85.7. The summed E-state index contributed by atoms with van der Waals surface area (Å²) in [5.74, 6) is -8.36. The lowest BCUT2D eigenvalue weighted by atomic mass is 9.99. The zero-order valence-electron chi connectivity index (χ0n) is 28.5. The second-order valence-corrected chi connectivity index (χ2v) is 14.2. The third-order valence-electron chi connectivity index (χ3n) is 7.53. The van der Waals surface area contributed by atoms with Crippen LogP contribution in [-0.2, 0) is 53.2 Å². The summed E-state index contributed by atoms with van der Waals surface area (Å²) in [5.41, 5.74) is 0.294. The van der Waals surface area contributed by atoms with Gasteiger partial charge in [0.2, 0.25) is 24.0 Å². The fourth-order valence-corrected chi connectivity index (χ4v) is 5.57. The van der Waals surface area contributed by atoms with E-state index in [0.29, 0.717) is 10.5 Å². The summed E-state index contributed by atoms with van der Waals surface area (Å²) in [7, 11) is -4.85. The van der Waals surface area contributed by atoms with Gasteiger partial charge >= 0.3 is 11.9 Å². The van der Waals surface area contributed by atoms with E-state index < -0.39 is 119 Å². The predicted molar refractivity (Wildman–Crippen MR) is 185 cm³/mol. The summed E-state index contributed by atoms with van der Waals surface area (Å²) in [6.45, 7) is 0.232. The highest BCUT2D eigenvalue weighted by Gasteiger charge is 2.48. The van der Waals surface area contributed by atoms with E-state index in [4.69, 9.17) is 14.2 Å². The Hall–Kier alpha value is -4.91. The first-order chi connectivity index (χ1) is 25.3. The molecule has 1 aromatic rings. The number of anilines is 1. The molecule has 1 fully saturated rings. The molecule has 296 valence electrons. The number of ether oxygens (including phenoxy) is 3. The van der Waals surface area contributed by atoms with Gasteiger partial charge < -0.3 is 50.6 Å². The molecule has 2 heterocycles. The smallest absolute Gasteiger partial charge is 0.335 e. The lowest BCUT2D eigenvalue weighted by Gasteiger charge is -2.38. The molecule has 3 rings (SSSR count).